The van der Waals surface area contributed by atoms with E-state index in [0.29, 0.717) is 32.8 Å². The van der Waals surface area contributed by atoms with Gasteiger partial charge in [0, 0.05) is 36.2 Å². The van der Waals surface area contributed by atoms with Gasteiger partial charge in [-0.2, -0.15) is 0 Å². The minimum Gasteiger partial charge on any atom is -0.381 e. The first-order chi connectivity index (χ1) is 16.5. The first-order valence-corrected chi connectivity index (χ1v) is 12.1. The van der Waals surface area contributed by atoms with Crippen LogP contribution in [-0.2, 0) is 21.5 Å². The predicted molar refractivity (Wildman–Crippen MR) is 139 cm³/mol. The maximum atomic E-state index is 11.8. The molecule has 0 aliphatic heterocycles. The molecule has 0 spiro atoms. The van der Waals surface area contributed by atoms with Crippen LogP contribution in [0.25, 0.3) is 0 Å². The fourth-order valence-electron chi connectivity index (χ4n) is 4.11. The minimum atomic E-state index is -1.39. The number of benzene rings is 3. The topological polar surface area (TPSA) is 38.7 Å². The zero-order valence-electron chi connectivity index (χ0n) is 20.6. The van der Waals surface area contributed by atoms with Crippen LogP contribution in [-0.4, -0.2) is 31.5 Å². The van der Waals surface area contributed by atoms with Gasteiger partial charge < -0.3 is 14.6 Å². The second kappa shape index (κ2) is 12.5. The van der Waals surface area contributed by atoms with Gasteiger partial charge in [0.2, 0.25) is 0 Å². The molecule has 34 heavy (non-hydrogen) atoms. The predicted octanol–water partition coefficient (Wildman–Crippen LogP) is 5.93. The van der Waals surface area contributed by atoms with E-state index >= 15 is 0 Å². The molecule has 0 saturated carbocycles. The highest BCUT2D eigenvalue weighted by atomic mass is 16.5. The number of rotatable bonds is 11. The summed E-state index contributed by atoms with van der Waals surface area (Å²) in [5.41, 5.74) is 2.27. The summed E-state index contributed by atoms with van der Waals surface area (Å²) in [4.78, 5) is 0. The highest BCUT2D eigenvalue weighted by molar-refractivity contribution is 5.44. The van der Waals surface area contributed by atoms with E-state index in [1.54, 1.807) is 0 Å². The Balaban J connectivity index is 1.97. The Morgan fingerprint density at radius 3 is 1.71 bits per heavy atom. The molecule has 0 fully saturated rings. The molecule has 3 heteroatoms. The number of ether oxygens (including phenoxy) is 2. The fraction of sp³-hybridized carbons (Fsp3) is 0.355. The Hall–Kier alpha value is -2.90. The van der Waals surface area contributed by atoms with Crippen LogP contribution in [0.5, 0.6) is 0 Å². The Morgan fingerprint density at radius 1 is 0.735 bits per heavy atom. The van der Waals surface area contributed by atoms with Gasteiger partial charge >= 0.3 is 0 Å². The Labute approximate surface area is 204 Å². The maximum Gasteiger partial charge on any atom is 0.176 e. The van der Waals surface area contributed by atoms with Gasteiger partial charge in [0.1, 0.15) is 0 Å². The molecule has 0 aliphatic carbocycles. The van der Waals surface area contributed by atoms with E-state index in [1.807, 2.05) is 74.5 Å². The highest BCUT2D eigenvalue weighted by Gasteiger charge is 2.33. The van der Waals surface area contributed by atoms with E-state index in [0.717, 1.165) is 17.5 Å². The normalized spacial score (nSPS) is 11.6. The Bertz CT molecular complexity index is 999. The Morgan fingerprint density at radius 2 is 1.24 bits per heavy atom. The molecule has 1 N–H and O–H groups in total. The smallest absolute Gasteiger partial charge is 0.176 e. The molecular formula is C31H36O3. The molecule has 3 rings (SSSR count). The molecule has 178 valence electrons. The lowest BCUT2D eigenvalue weighted by molar-refractivity contribution is -0.0141. The van der Waals surface area contributed by atoms with Gasteiger partial charge in [-0.25, -0.2) is 0 Å². The zero-order chi connectivity index (χ0) is 24.3. The largest absolute Gasteiger partial charge is 0.381 e. The summed E-state index contributed by atoms with van der Waals surface area (Å²) < 4.78 is 11.9. The van der Waals surface area contributed by atoms with Crippen LogP contribution in [0.15, 0.2) is 84.9 Å². The van der Waals surface area contributed by atoms with Crippen LogP contribution in [0.3, 0.4) is 0 Å². The number of aliphatic hydroxyl groups is 1. The van der Waals surface area contributed by atoms with Crippen molar-refractivity contribution in [3.8, 4) is 11.8 Å². The van der Waals surface area contributed by atoms with Crippen LogP contribution in [0, 0.1) is 24.2 Å². The van der Waals surface area contributed by atoms with Crippen molar-refractivity contribution in [1.82, 2.24) is 0 Å². The standard InChI is InChI=1S/C31H36O3/c1-4-33-24-30(25-34-5-2,23-27-19-17-26(3)18-20-27)21-12-22-31(32,28-13-8-6-9-14-28)29-15-10-7-11-16-29/h6-11,13-20,32H,4-5,21,23-25H2,1-3H3. The molecule has 0 bridgehead atoms. The highest BCUT2D eigenvalue weighted by Crippen LogP contribution is 2.32. The fourth-order valence-corrected chi connectivity index (χ4v) is 4.11. The summed E-state index contributed by atoms with van der Waals surface area (Å²) in [5.74, 6) is 6.58. The van der Waals surface area contributed by atoms with Gasteiger partial charge in [-0.15, -0.1) is 0 Å². The van der Waals surface area contributed by atoms with Gasteiger partial charge in [-0.3, -0.25) is 0 Å². The molecule has 0 amide bonds. The summed E-state index contributed by atoms with van der Waals surface area (Å²) in [7, 11) is 0. The molecule has 0 heterocycles. The van der Waals surface area contributed by atoms with Crippen molar-refractivity contribution in [2.45, 2.75) is 39.2 Å². The molecule has 0 aromatic heterocycles. The van der Waals surface area contributed by atoms with E-state index < -0.39 is 5.60 Å². The molecule has 3 aromatic rings. The minimum absolute atomic E-state index is 0.317. The van der Waals surface area contributed by atoms with E-state index in [4.69, 9.17) is 9.47 Å². The molecule has 0 aliphatic rings. The quantitative estimate of drug-likeness (QED) is 0.364. The van der Waals surface area contributed by atoms with Crippen LogP contribution in [0.2, 0.25) is 0 Å². The number of aryl methyl sites for hydroxylation is 1. The van der Waals surface area contributed by atoms with Crippen molar-refractivity contribution >= 4 is 0 Å². The van der Waals surface area contributed by atoms with Crippen LogP contribution >= 0.6 is 0 Å². The first-order valence-electron chi connectivity index (χ1n) is 12.1. The molecule has 0 unspecified atom stereocenters. The SMILES string of the molecule is CCOCC(CC#CC(O)(c1ccccc1)c1ccccc1)(COCC)Cc1ccc(C)cc1. The van der Waals surface area contributed by atoms with Gasteiger partial charge in [0.25, 0.3) is 0 Å². The third-order valence-corrected chi connectivity index (χ3v) is 6.04. The van der Waals surface area contributed by atoms with E-state index in [-0.39, 0.29) is 5.41 Å². The first kappa shape index (κ1) is 25.7. The lowest BCUT2D eigenvalue weighted by Crippen LogP contribution is -2.35. The third-order valence-electron chi connectivity index (χ3n) is 6.04. The molecule has 0 atom stereocenters. The van der Waals surface area contributed by atoms with E-state index in [9.17, 15) is 5.11 Å². The van der Waals surface area contributed by atoms with Gasteiger partial charge in [0.05, 0.1) is 13.2 Å². The molecule has 3 nitrogen and oxygen atoms in total. The van der Waals surface area contributed by atoms with Crippen molar-refractivity contribution < 1.29 is 14.6 Å². The number of hydrogen-bond donors (Lipinski definition) is 1. The van der Waals surface area contributed by atoms with Crippen molar-refractivity contribution in [1.29, 1.82) is 0 Å². The number of hydrogen-bond acceptors (Lipinski definition) is 3. The zero-order valence-corrected chi connectivity index (χ0v) is 20.6. The maximum absolute atomic E-state index is 11.8. The third kappa shape index (κ3) is 6.81. The van der Waals surface area contributed by atoms with Gasteiger partial charge in [0.15, 0.2) is 5.60 Å². The molecule has 0 radical (unpaired) electrons. The van der Waals surface area contributed by atoms with E-state index in [2.05, 4.69) is 43.0 Å². The average Bonchev–Trinajstić information content (AvgIpc) is 2.88. The van der Waals surface area contributed by atoms with Crippen molar-refractivity contribution in [2.24, 2.45) is 5.41 Å². The summed E-state index contributed by atoms with van der Waals surface area (Å²) >= 11 is 0. The summed E-state index contributed by atoms with van der Waals surface area (Å²) in [5, 5.41) is 11.8. The van der Waals surface area contributed by atoms with Crippen LogP contribution in [0.4, 0.5) is 0 Å². The summed E-state index contributed by atoms with van der Waals surface area (Å²) in [6.07, 6.45) is 1.33. The van der Waals surface area contributed by atoms with Gasteiger partial charge in [-0.05, 0) is 32.8 Å². The summed E-state index contributed by atoms with van der Waals surface area (Å²) in [6, 6.07) is 27.9. The summed E-state index contributed by atoms with van der Waals surface area (Å²) in [6.45, 7) is 8.46. The second-order valence-electron chi connectivity index (χ2n) is 8.86. The van der Waals surface area contributed by atoms with Gasteiger partial charge in [-0.1, -0.05) is 102 Å². The monoisotopic (exact) mass is 456 g/mol. The van der Waals surface area contributed by atoms with Crippen LogP contribution < -0.4 is 0 Å². The van der Waals surface area contributed by atoms with E-state index in [1.165, 1.54) is 11.1 Å². The van der Waals surface area contributed by atoms with Crippen molar-refractivity contribution in [3.63, 3.8) is 0 Å². The lowest BCUT2D eigenvalue weighted by atomic mass is 9.79. The van der Waals surface area contributed by atoms with Crippen molar-refractivity contribution in [2.75, 3.05) is 26.4 Å². The van der Waals surface area contributed by atoms with Crippen molar-refractivity contribution in [3.05, 3.63) is 107 Å². The van der Waals surface area contributed by atoms with Crippen LogP contribution in [0.1, 0.15) is 42.5 Å². The Kier molecular flexibility index (Phi) is 9.48. The second-order valence-corrected chi connectivity index (χ2v) is 8.86. The molecular weight excluding hydrogens is 420 g/mol. The lowest BCUT2D eigenvalue weighted by Gasteiger charge is -2.32. The molecule has 3 aromatic carbocycles. The molecule has 0 saturated heterocycles. The average molecular weight is 457 g/mol.